The highest BCUT2D eigenvalue weighted by atomic mass is 16.8. The standard InChI is InChI=1S/C28H58N2O3/c1-2-3-4-5-6-7-8-9-10-11-12-13-14-15-16-17-18-19-22-25-28(31)29-26-23-20-21-24-27-30(32)33/h32-33H,2-27H2,1H3,(H,29,31). The summed E-state index contributed by atoms with van der Waals surface area (Å²) in [4.78, 5) is 11.8. The monoisotopic (exact) mass is 470 g/mol. The number of nitrogens with one attached hydrogen (secondary N) is 1. The first-order valence-corrected chi connectivity index (χ1v) is 14.6. The molecule has 0 saturated carbocycles. The van der Waals surface area contributed by atoms with E-state index in [9.17, 15) is 4.79 Å². The fourth-order valence-electron chi connectivity index (χ4n) is 4.41. The first-order chi connectivity index (χ1) is 16.2. The molecule has 0 spiro atoms. The van der Waals surface area contributed by atoms with Crippen molar-refractivity contribution in [2.75, 3.05) is 13.1 Å². The van der Waals surface area contributed by atoms with E-state index in [-0.39, 0.29) is 17.7 Å². The molecule has 0 aliphatic heterocycles. The molecular weight excluding hydrogens is 412 g/mol. The molecule has 0 aromatic carbocycles. The van der Waals surface area contributed by atoms with Crippen LogP contribution in [0.15, 0.2) is 0 Å². The predicted octanol–water partition coefficient (Wildman–Crippen LogP) is 8.57. The Kier molecular flexibility index (Phi) is 27.0. The van der Waals surface area contributed by atoms with Gasteiger partial charge in [0.1, 0.15) is 0 Å². The fraction of sp³-hybridized carbons (Fsp3) is 0.964. The molecule has 0 unspecified atom stereocenters. The van der Waals surface area contributed by atoms with Gasteiger partial charge in [0, 0.05) is 13.0 Å². The third-order valence-corrected chi connectivity index (χ3v) is 6.61. The van der Waals surface area contributed by atoms with Crippen LogP contribution in [0.2, 0.25) is 0 Å². The van der Waals surface area contributed by atoms with Gasteiger partial charge in [-0.2, -0.15) is 0 Å². The zero-order valence-electron chi connectivity index (χ0n) is 22.1. The lowest BCUT2D eigenvalue weighted by Crippen LogP contribution is -2.24. The second kappa shape index (κ2) is 27.6. The molecule has 0 fully saturated rings. The first kappa shape index (κ1) is 32.4. The summed E-state index contributed by atoms with van der Waals surface area (Å²) in [6, 6.07) is 0. The Morgan fingerprint density at radius 2 is 0.909 bits per heavy atom. The highest BCUT2D eigenvalue weighted by molar-refractivity contribution is 5.75. The molecule has 5 heteroatoms. The topological polar surface area (TPSA) is 72.8 Å². The molecule has 33 heavy (non-hydrogen) atoms. The van der Waals surface area contributed by atoms with Gasteiger partial charge in [-0.15, -0.1) is 0 Å². The maximum Gasteiger partial charge on any atom is 0.219 e. The number of hydroxylamine groups is 2. The first-order valence-electron chi connectivity index (χ1n) is 14.6. The maximum atomic E-state index is 11.8. The molecule has 5 nitrogen and oxygen atoms in total. The molecule has 0 aromatic heterocycles. The van der Waals surface area contributed by atoms with Crippen LogP contribution in [-0.4, -0.2) is 34.6 Å². The summed E-state index contributed by atoms with van der Waals surface area (Å²) in [6.07, 6.45) is 30.4. The number of hydrogen-bond donors (Lipinski definition) is 3. The predicted molar refractivity (Wildman–Crippen MR) is 140 cm³/mol. The van der Waals surface area contributed by atoms with Crippen molar-refractivity contribution < 1.29 is 15.2 Å². The minimum atomic E-state index is 0.180. The Bertz CT molecular complexity index is 391. The third kappa shape index (κ3) is 29.3. The number of hydrogen-bond acceptors (Lipinski definition) is 4. The smallest absolute Gasteiger partial charge is 0.219 e. The van der Waals surface area contributed by atoms with Crippen LogP contribution >= 0.6 is 0 Å². The summed E-state index contributed by atoms with van der Waals surface area (Å²) in [6.45, 7) is 3.31. The Hall–Kier alpha value is -0.650. The van der Waals surface area contributed by atoms with E-state index < -0.39 is 0 Å². The van der Waals surface area contributed by atoms with Crippen molar-refractivity contribution >= 4 is 5.91 Å². The van der Waals surface area contributed by atoms with Gasteiger partial charge >= 0.3 is 0 Å². The molecule has 0 bridgehead atoms. The highest BCUT2D eigenvalue weighted by Gasteiger charge is 2.01. The number of unbranched alkanes of at least 4 members (excludes halogenated alkanes) is 21. The van der Waals surface area contributed by atoms with Crippen LogP contribution in [-0.2, 0) is 4.79 Å². The highest BCUT2D eigenvalue weighted by Crippen LogP contribution is 2.14. The van der Waals surface area contributed by atoms with Gasteiger partial charge in [-0.25, -0.2) is 0 Å². The van der Waals surface area contributed by atoms with E-state index in [1.54, 1.807) is 0 Å². The van der Waals surface area contributed by atoms with Gasteiger partial charge in [0.15, 0.2) is 0 Å². The Morgan fingerprint density at radius 3 is 1.33 bits per heavy atom. The van der Waals surface area contributed by atoms with Crippen molar-refractivity contribution in [1.29, 1.82) is 0 Å². The van der Waals surface area contributed by atoms with E-state index in [2.05, 4.69) is 12.2 Å². The summed E-state index contributed by atoms with van der Waals surface area (Å²) in [5.41, 5.74) is 0. The molecule has 0 rings (SSSR count). The van der Waals surface area contributed by atoms with E-state index in [0.717, 1.165) is 38.6 Å². The normalized spacial score (nSPS) is 11.4. The van der Waals surface area contributed by atoms with Crippen LogP contribution in [0.1, 0.15) is 161 Å². The molecule has 0 aliphatic rings. The van der Waals surface area contributed by atoms with E-state index in [1.165, 1.54) is 116 Å². The van der Waals surface area contributed by atoms with Crippen LogP contribution in [0.4, 0.5) is 0 Å². The van der Waals surface area contributed by atoms with Crippen molar-refractivity contribution in [3.8, 4) is 0 Å². The quantitative estimate of drug-likeness (QED) is 0.0830. The largest absolute Gasteiger partial charge is 0.356 e. The SMILES string of the molecule is CCCCCCCCCCCCCCCCCCCCCC(=O)NCCCCCCN(O)O. The maximum absolute atomic E-state index is 11.8. The van der Waals surface area contributed by atoms with Gasteiger partial charge in [0.05, 0.1) is 6.54 Å². The molecule has 0 aliphatic carbocycles. The molecule has 0 atom stereocenters. The van der Waals surface area contributed by atoms with Crippen molar-refractivity contribution in [1.82, 2.24) is 10.5 Å². The van der Waals surface area contributed by atoms with Crippen molar-refractivity contribution in [2.24, 2.45) is 0 Å². The second-order valence-electron chi connectivity index (χ2n) is 9.97. The lowest BCUT2D eigenvalue weighted by molar-refractivity contribution is -0.306. The number of nitrogens with zero attached hydrogens (tertiary/aromatic N) is 1. The summed E-state index contributed by atoms with van der Waals surface area (Å²) < 4.78 is 0. The summed E-state index contributed by atoms with van der Waals surface area (Å²) in [5.74, 6) is 0.180. The minimum absolute atomic E-state index is 0.180. The van der Waals surface area contributed by atoms with Crippen LogP contribution in [0.25, 0.3) is 0 Å². The van der Waals surface area contributed by atoms with Crippen LogP contribution in [0.3, 0.4) is 0 Å². The van der Waals surface area contributed by atoms with E-state index in [0.29, 0.717) is 6.42 Å². The second-order valence-corrected chi connectivity index (χ2v) is 9.97. The fourth-order valence-corrected chi connectivity index (χ4v) is 4.41. The van der Waals surface area contributed by atoms with E-state index in [4.69, 9.17) is 10.4 Å². The van der Waals surface area contributed by atoms with Crippen molar-refractivity contribution in [3.63, 3.8) is 0 Å². The van der Waals surface area contributed by atoms with Crippen LogP contribution in [0, 0.1) is 0 Å². The van der Waals surface area contributed by atoms with Gasteiger partial charge < -0.3 is 5.32 Å². The molecular formula is C28H58N2O3. The van der Waals surface area contributed by atoms with Gasteiger partial charge in [-0.05, 0) is 19.3 Å². The molecule has 3 N–H and O–H groups in total. The average Bonchev–Trinajstić information content (AvgIpc) is 2.79. The Morgan fingerprint density at radius 1 is 0.545 bits per heavy atom. The molecule has 0 aromatic rings. The zero-order chi connectivity index (χ0) is 24.2. The average molecular weight is 471 g/mol. The molecule has 0 heterocycles. The molecule has 1 amide bonds. The number of amides is 1. The molecule has 198 valence electrons. The Labute approximate surface area is 206 Å². The lowest BCUT2D eigenvalue weighted by Gasteiger charge is -2.07. The van der Waals surface area contributed by atoms with Gasteiger partial charge in [0.2, 0.25) is 5.91 Å². The van der Waals surface area contributed by atoms with Crippen LogP contribution in [0.5, 0.6) is 0 Å². The summed E-state index contributed by atoms with van der Waals surface area (Å²) >= 11 is 0. The number of rotatable bonds is 27. The number of carbonyl (C=O) groups is 1. The summed E-state index contributed by atoms with van der Waals surface area (Å²) in [7, 11) is 0. The summed E-state index contributed by atoms with van der Waals surface area (Å²) in [5, 5.41) is 20.5. The zero-order valence-corrected chi connectivity index (χ0v) is 22.1. The Balaban J connectivity index is 3.12. The van der Waals surface area contributed by atoms with Gasteiger partial charge in [0.25, 0.3) is 0 Å². The van der Waals surface area contributed by atoms with Crippen molar-refractivity contribution in [3.05, 3.63) is 0 Å². The number of carbonyl (C=O) groups excluding carboxylic acids is 1. The van der Waals surface area contributed by atoms with Gasteiger partial charge in [-0.1, -0.05) is 141 Å². The van der Waals surface area contributed by atoms with E-state index in [1.807, 2.05) is 0 Å². The van der Waals surface area contributed by atoms with Crippen LogP contribution < -0.4 is 5.32 Å². The minimum Gasteiger partial charge on any atom is -0.356 e. The van der Waals surface area contributed by atoms with Gasteiger partial charge in [-0.3, -0.25) is 15.2 Å². The molecule has 0 saturated heterocycles. The lowest BCUT2D eigenvalue weighted by atomic mass is 10.0. The van der Waals surface area contributed by atoms with Crippen molar-refractivity contribution in [2.45, 2.75) is 161 Å². The van der Waals surface area contributed by atoms with E-state index >= 15 is 0 Å². The third-order valence-electron chi connectivity index (χ3n) is 6.61. The molecule has 0 radical (unpaired) electrons.